The Balaban J connectivity index is 0.000000224. The molecule has 0 radical (unpaired) electrons. The highest BCUT2D eigenvalue weighted by molar-refractivity contribution is 6.31. The fourth-order valence-electron chi connectivity index (χ4n) is 5.91. The lowest BCUT2D eigenvalue weighted by molar-refractivity contribution is -0.141. The molecule has 5 rings (SSSR count). The molecule has 2 aromatic carbocycles. The molecule has 12 heteroatoms. The molecule has 3 atom stereocenters. The molecule has 1 saturated heterocycles. The summed E-state index contributed by atoms with van der Waals surface area (Å²) in [6.07, 6.45) is 3.05. The molecule has 10 nitrogen and oxygen atoms in total. The highest BCUT2D eigenvalue weighted by atomic mass is 35.5. The van der Waals surface area contributed by atoms with Crippen LogP contribution in [0.3, 0.4) is 0 Å². The van der Waals surface area contributed by atoms with Crippen molar-refractivity contribution in [2.24, 2.45) is 5.41 Å². The first-order valence-electron chi connectivity index (χ1n) is 14.5. The van der Waals surface area contributed by atoms with Crippen molar-refractivity contribution in [3.8, 4) is 11.5 Å². The lowest BCUT2D eigenvalue weighted by atomic mass is 9.65. The molecule has 1 spiro atoms. The van der Waals surface area contributed by atoms with Gasteiger partial charge < -0.3 is 30.2 Å². The predicted octanol–water partition coefficient (Wildman–Crippen LogP) is 5.98. The summed E-state index contributed by atoms with van der Waals surface area (Å²) < 4.78 is 15.2. The molecule has 2 unspecified atom stereocenters. The number of anilines is 2. The van der Waals surface area contributed by atoms with Gasteiger partial charge in [0.1, 0.15) is 30.1 Å². The number of benzene rings is 2. The lowest BCUT2D eigenvalue weighted by Gasteiger charge is -2.36. The summed E-state index contributed by atoms with van der Waals surface area (Å²) in [7, 11) is 1.49. The Kier molecular flexibility index (Phi) is 11.0. The maximum Gasteiger partial charge on any atom is 0.302 e. The quantitative estimate of drug-likeness (QED) is 0.146. The number of methoxy groups -OCH3 is 1. The number of hydrogen-bond donors (Lipinski definition) is 3. The van der Waals surface area contributed by atoms with Crippen LogP contribution in [0.5, 0.6) is 11.5 Å². The van der Waals surface area contributed by atoms with Crippen molar-refractivity contribution in [1.82, 2.24) is 10.3 Å². The Morgan fingerprint density at radius 2 is 1.91 bits per heavy atom. The number of fused-ring (bicyclic) bond motifs is 2. The first-order chi connectivity index (χ1) is 21.4. The van der Waals surface area contributed by atoms with Crippen molar-refractivity contribution >= 4 is 52.9 Å². The van der Waals surface area contributed by atoms with Gasteiger partial charge in [0.05, 0.1) is 29.2 Å². The molecule has 2 aliphatic rings. The van der Waals surface area contributed by atoms with Crippen LogP contribution in [-0.2, 0) is 24.5 Å². The number of carbonyl (C=O) groups is 3. The van der Waals surface area contributed by atoms with E-state index < -0.39 is 5.41 Å². The van der Waals surface area contributed by atoms with Gasteiger partial charge in [-0.3, -0.25) is 19.4 Å². The number of amides is 2. The van der Waals surface area contributed by atoms with Crippen LogP contribution < -0.4 is 25.4 Å². The summed E-state index contributed by atoms with van der Waals surface area (Å²) in [6, 6.07) is 14.5. The van der Waals surface area contributed by atoms with Crippen LogP contribution in [0.25, 0.3) is 0 Å². The van der Waals surface area contributed by atoms with Crippen molar-refractivity contribution in [3.05, 3.63) is 76.0 Å². The predicted molar refractivity (Wildman–Crippen MR) is 174 cm³/mol. The number of aromatic nitrogens is 1. The van der Waals surface area contributed by atoms with Crippen LogP contribution in [0.2, 0.25) is 10.0 Å². The van der Waals surface area contributed by atoms with Crippen molar-refractivity contribution in [3.63, 3.8) is 0 Å². The van der Waals surface area contributed by atoms with Crippen LogP contribution in [-0.4, -0.2) is 56.2 Å². The van der Waals surface area contributed by atoms with Crippen LogP contribution in [0, 0.1) is 5.41 Å². The van der Waals surface area contributed by atoms with Gasteiger partial charge in [0.25, 0.3) is 0 Å². The van der Waals surface area contributed by atoms with Crippen molar-refractivity contribution in [2.45, 2.75) is 51.5 Å². The molecule has 240 valence electrons. The fraction of sp³-hybridized carbons (Fsp3) is 0.394. The minimum Gasteiger partial charge on any atom is -0.494 e. The van der Waals surface area contributed by atoms with Gasteiger partial charge in [-0.15, -0.1) is 0 Å². The number of esters is 1. The number of halogens is 2. The Hall–Kier alpha value is -3.86. The number of nitrogens with one attached hydrogen (secondary N) is 3. The third-order valence-electron chi connectivity index (χ3n) is 7.65. The van der Waals surface area contributed by atoms with Crippen LogP contribution in [0.1, 0.15) is 51.3 Å². The van der Waals surface area contributed by atoms with E-state index in [9.17, 15) is 14.4 Å². The largest absolute Gasteiger partial charge is 0.494 e. The van der Waals surface area contributed by atoms with Crippen molar-refractivity contribution < 1.29 is 28.6 Å². The fourth-order valence-corrected chi connectivity index (χ4v) is 6.26. The van der Waals surface area contributed by atoms with Gasteiger partial charge in [0.2, 0.25) is 12.3 Å². The molecule has 45 heavy (non-hydrogen) atoms. The third kappa shape index (κ3) is 7.87. The van der Waals surface area contributed by atoms with E-state index in [0.29, 0.717) is 45.9 Å². The molecule has 2 amide bonds. The number of ether oxygens (including phenoxy) is 3. The van der Waals surface area contributed by atoms with E-state index in [1.165, 1.54) is 14.0 Å². The molecule has 0 saturated carbocycles. The summed E-state index contributed by atoms with van der Waals surface area (Å²) in [5, 5.41) is 10.4. The SMILES string of the molecule is CC(C)(C)CC1NCC(c2cccc(Cl)c2)[C@]12C(=O)Nc1cc(Cl)cnc12.COc1cc(OCCOC(C)=O)ccc1NC=O. The van der Waals surface area contributed by atoms with E-state index in [1.807, 2.05) is 24.3 Å². The number of rotatable bonds is 9. The van der Waals surface area contributed by atoms with E-state index in [2.05, 4.69) is 41.7 Å². The summed E-state index contributed by atoms with van der Waals surface area (Å²) in [5.41, 5.74) is 2.37. The maximum absolute atomic E-state index is 13.5. The van der Waals surface area contributed by atoms with Gasteiger partial charge in [-0.25, -0.2) is 0 Å². The lowest BCUT2D eigenvalue weighted by Crippen LogP contribution is -2.50. The monoisotopic (exact) mass is 656 g/mol. The van der Waals surface area contributed by atoms with E-state index in [1.54, 1.807) is 30.5 Å². The summed E-state index contributed by atoms with van der Waals surface area (Å²) in [6.45, 7) is 9.05. The average molecular weight is 658 g/mol. The summed E-state index contributed by atoms with van der Waals surface area (Å²) in [5.74, 6) is 0.638. The summed E-state index contributed by atoms with van der Waals surface area (Å²) in [4.78, 5) is 39.0. The van der Waals surface area contributed by atoms with Crippen LogP contribution >= 0.6 is 23.2 Å². The van der Waals surface area contributed by atoms with Gasteiger partial charge in [-0.1, -0.05) is 56.1 Å². The van der Waals surface area contributed by atoms with Crippen LogP contribution in [0.15, 0.2) is 54.7 Å². The smallest absolute Gasteiger partial charge is 0.302 e. The van der Waals surface area contributed by atoms with E-state index in [-0.39, 0.29) is 42.5 Å². The Morgan fingerprint density at radius 3 is 2.58 bits per heavy atom. The zero-order valence-electron chi connectivity index (χ0n) is 25.9. The maximum atomic E-state index is 13.5. The Bertz CT molecular complexity index is 1550. The zero-order chi connectivity index (χ0) is 32.8. The molecule has 0 bridgehead atoms. The topological polar surface area (TPSA) is 128 Å². The second-order valence-corrected chi connectivity index (χ2v) is 12.9. The van der Waals surface area contributed by atoms with Crippen molar-refractivity contribution in [2.75, 3.05) is 37.5 Å². The average Bonchev–Trinajstić information content (AvgIpc) is 3.48. The second-order valence-electron chi connectivity index (χ2n) is 12.0. The molecule has 3 aromatic rings. The minimum atomic E-state index is -0.780. The second kappa shape index (κ2) is 14.5. The number of carbonyl (C=O) groups excluding carboxylic acids is 3. The zero-order valence-corrected chi connectivity index (χ0v) is 27.4. The van der Waals surface area contributed by atoms with E-state index in [4.69, 9.17) is 37.4 Å². The van der Waals surface area contributed by atoms with Crippen molar-refractivity contribution in [1.29, 1.82) is 0 Å². The molecule has 3 heterocycles. The number of pyridine rings is 1. The Labute approximate surface area is 273 Å². The first kappa shape index (κ1) is 34.0. The Morgan fingerprint density at radius 1 is 1.13 bits per heavy atom. The van der Waals surface area contributed by atoms with E-state index in [0.717, 1.165) is 17.7 Å². The van der Waals surface area contributed by atoms with Crippen LogP contribution in [0.4, 0.5) is 11.4 Å². The number of nitrogens with zero attached hydrogens (tertiary/aromatic N) is 1. The van der Waals surface area contributed by atoms with Gasteiger partial charge >= 0.3 is 5.97 Å². The molecule has 3 N–H and O–H groups in total. The molecular formula is C33H38Cl2N4O6. The third-order valence-corrected chi connectivity index (χ3v) is 8.09. The highest BCUT2D eigenvalue weighted by Crippen LogP contribution is 2.53. The minimum absolute atomic E-state index is 0.0171. The van der Waals surface area contributed by atoms with Gasteiger partial charge in [0.15, 0.2) is 0 Å². The molecule has 0 aliphatic carbocycles. The molecule has 1 aromatic heterocycles. The van der Waals surface area contributed by atoms with Gasteiger partial charge in [-0.2, -0.15) is 0 Å². The first-order valence-corrected chi connectivity index (χ1v) is 15.3. The molecular weight excluding hydrogens is 619 g/mol. The van der Waals surface area contributed by atoms with Gasteiger partial charge in [-0.05, 0) is 47.7 Å². The molecule has 1 fully saturated rings. The highest BCUT2D eigenvalue weighted by Gasteiger charge is 2.62. The molecule has 2 aliphatic heterocycles. The van der Waals surface area contributed by atoms with Gasteiger partial charge in [0, 0.05) is 42.7 Å². The normalized spacial score (nSPS) is 20.0. The standard InChI is InChI=1S/C21H23Cl2N3O.C12H15NO5/c1-20(2,3)9-17-21(15(11-24-17)12-5-4-6-13(22)7-12)18-16(26-19(21)27)8-14(23)10-25-18;1-9(15)17-5-6-18-10-3-4-11(13-8-14)12(7-10)16-2/h4-8,10,15,17,24H,9,11H2,1-3H3,(H,26,27);3-4,7-8H,5-6H2,1-2H3,(H,13,14)/t15?,17?,21-;/m0./s1. The summed E-state index contributed by atoms with van der Waals surface area (Å²) >= 11 is 12.4. The van der Waals surface area contributed by atoms with E-state index >= 15 is 0 Å². The number of hydrogen-bond acceptors (Lipinski definition) is 8.